The van der Waals surface area contributed by atoms with Crippen LogP contribution >= 0.6 is 23.2 Å². The van der Waals surface area contributed by atoms with Gasteiger partial charge in [0.2, 0.25) is 0 Å². The Morgan fingerprint density at radius 3 is 2.71 bits per heavy atom. The van der Waals surface area contributed by atoms with Gasteiger partial charge in [-0.05, 0) is 30.3 Å². The molecule has 0 aliphatic carbocycles. The first-order chi connectivity index (χ1) is 11.6. The molecule has 2 aromatic heterocycles. The lowest BCUT2D eigenvalue weighted by Gasteiger charge is -2.01. The molecule has 9 heteroatoms. The second kappa shape index (κ2) is 7.20. The largest absolute Gasteiger partial charge is 0.271 e. The summed E-state index contributed by atoms with van der Waals surface area (Å²) < 4.78 is 1.52. The topological polar surface area (TPSA) is 85.1 Å². The second-order valence-corrected chi connectivity index (χ2v) is 5.44. The van der Waals surface area contributed by atoms with Crippen molar-refractivity contribution in [2.75, 3.05) is 0 Å². The van der Waals surface area contributed by atoms with Crippen LogP contribution in [-0.2, 0) is 0 Å². The summed E-state index contributed by atoms with van der Waals surface area (Å²) in [5, 5.41) is 12.6. The van der Waals surface area contributed by atoms with E-state index in [0.29, 0.717) is 27.0 Å². The Hall–Kier alpha value is -2.77. The molecule has 7 nitrogen and oxygen atoms in total. The number of carbonyl (C=O) groups excluding carboxylic acids is 1. The lowest BCUT2D eigenvalue weighted by atomic mass is 10.3. The number of pyridine rings is 1. The molecule has 0 unspecified atom stereocenters. The van der Waals surface area contributed by atoms with Crippen LogP contribution in [0.1, 0.15) is 16.1 Å². The molecule has 0 radical (unpaired) electrons. The highest BCUT2D eigenvalue weighted by molar-refractivity contribution is 6.42. The van der Waals surface area contributed by atoms with Crippen molar-refractivity contribution in [3.63, 3.8) is 0 Å². The first kappa shape index (κ1) is 16.1. The third kappa shape index (κ3) is 3.76. The van der Waals surface area contributed by atoms with E-state index in [2.05, 4.69) is 25.8 Å². The molecule has 3 rings (SSSR count). The van der Waals surface area contributed by atoms with Crippen LogP contribution in [0.25, 0.3) is 5.69 Å². The van der Waals surface area contributed by atoms with E-state index in [1.165, 1.54) is 23.3 Å². The monoisotopic (exact) mass is 360 g/mol. The first-order valence-corrected chi connectivity index (χ1v) is 7.50. The highest BCUT2D eigenvalue weighted by Gasteiger charge is 2.05. The Kier molecular flexibility index (Phi) is 4.83. The van der Waals surface area contributed by atoms with Crippen LogP contribution in [0.5, 0.6) is 0 Å². The van der Waals surface area contributed by atoms with E-state index in [1.807, 2.05) is 0 Å². The van der Waals surface area contributed by atoms with Gasteiger partial charge in [-0.15, -0.1) is 5.10 Å². The number of nitrogens with one attached hydrogen (secondary N) is 1. The number of amides is 1. The normalized spacial score (nSPS) is 10.9. The maximum atomic E-state index is 11.8. The predicted octanol–water partition coefficient (Wildman–Crippen LogP) is 2.73. The maximum absolute atomic E-state index is 11.8. The number of hydrogen-bond acceptors (Lipinski definition) is 5. The van der Waals surface area contributed by atoms with E-state index < -0.39 is 0 Å². The molecule has 0 bridgehead atoms. The van der Waals surface area contributed by atoms with Gasteiger partial charge in [-0.25, -0.2) is 10.1 Å². The quantitative estimate of drug-likeness (QED) is 0.572. The average molecular weight is 361 g/mol. The van der Waals surface area contributed by atoms with Crippen molar-refractivity contribution < 1.29 is 4.79 Å². The number of nitrogens with zero attached hydrogens (tertiary/aromatic N) is 5. The molecule has 3 aromatic rings. The van der Waals surface area contributed by atoms with Crippen LogP contribution in [0.15, 0.2) is 54.0 Å². The molecule has 0 spiro atoms. The Bertz CT molecular complexity index is 894. The average Bonchev–Trinajstić information content (AvgIpc) is 3.07. The molecule has 1 N–H and O–H groups in total. The fourth-order valence-electron chi connectivity index (χ4n) is 1.81. The van der Waals surface area contributed by atoms with Crippen LogP contribution in [0, 0.1) is 0 Å². The van der Waals surface area contributed by atoms with E-state index in [4.69, 9.17) is 23.2 Å². The number of hydrogen-bond donors (Lipinski definition) is 1. The number of hydrazone groups is 1. The number of aromatic nitrogens is 4. The molecule has 0 saturated heterocycles. The van der Waals surface area contributed by atoms with Gasteiger partial charge in [0, 0.05) is 18.0 Å². The molecular formula is C15H10Cl2N6O. The van der Waals surface area contributed by atoms with Gasteiger partial charge in [0.05, 0.1) is 28.1 Å². The minimum atomic E-state index is -0.342. The SMILES string of the molecule is O=C(N/N=C/c1cn(-c2ccc(Cl)c(Cl)c2)nn1)c1ccncc1. The van der Waals surface area contributed by atoms with Crippen LogP contribution < -0.4 is 5.43 Å². The Morgan fingerprint density at radius 2 is 1.96 bits per heavy atom. The minimum absolute atomic E-state index is 0.342. The zero-order valence-electron chi connectivity index (χ0n) is 12.1. The highest BCUT2D eigenvalue weighted by Crippen LogP contribution is 2.23. The van der Waals surface area contributed by atoms with Crippen molar-refractivity contribution in [3.8, 4) is 5.69 Å². The zero-order valence-corrected chi connectivity index (χ0v) is 13.6. The highest BCUT2D eigenvalue weighted by atomic mass is 35.5. The van der Waals surface area contributed by atoms with Gasteiger partial charge in [0.15, 0.2) is 0 Å². The van der Waals surface area contributed by atoms with Gasteiger partial charge >= 0.3 is 0 Å². The van der Waals surface area contributed by atoms with E-state index in [1.54, 1.807) is 36.5 Å². The third-order valence-corrected chi connectivity index (χ3v) is 3.72. The van der Waals surface area contributed by atoms with Gasteiger partial charge < -0.3 is 0 Å². The summed E-state index contributed by atoms with van der Waals surface area (Å²) in [7, 11) is 0. The van der Waals surface area contributed by atoms with Crippen molar-refractivity contribution in [1.29, 1.82) is 0 Å². The molecule has 0 saturated carbocycles. The smallest absolute Gasteiger partial charge is 0.267 e. The molecule has 0 atom stereocenters. The predicted molar refractivity (Wildman–Crippen MR) is 90.7 cm³/mol. The summed E-state index contributed by atoms with van der Waals surface area (Å²) in [6.45, 7) is 0. The fourth-order valence-corrected chi connectivity index (χ4v) is 2.11. The number of halogens is 2. The van der Waals surface area contributed by atoms with Crippen LogP contribution in [0.3, 0.4) is 0 Å². The van der Waals surface area contributed by atoms with Crippen LogP contribution in [0.2, 0.25) is 10.0 Å². The van der Waals surface area contributed by atoms with Crippen molar-refractivity contribution in [3.05, 3.63) is 70.2 Å². The van der Waals surface area contributed by atoms with E-state index in [0.717, 1.165) is 0 Å². The van der Waals surface area contributed by atoms with Crippen molar-refractivity contribution in [2.45, 2.75) is 0 Å². The maximum Gasteiger partial charge on any atom is 0.271 e. The van der Waals surface area contributed by atoms with Gasteiger partial charge in [0.25, 0.3) is 5.91 Å². The molecule has 0 aliphatic heterocycles. The van der Waals surface area contributed by atoms with Gasteiger partial charge in [-0.2, -0.15) is 5.10 Å². The lowest BCUT2D eigenvalue weighted by molar-refractivity contribution is 0.0955. The van der Waals surface area contributed by atoms with E-state index in [9.17, 15) is 4.79 Å². The summed E-state index contributed by atoms with van der Waals surface area (Å²) in [6.07, 6.45) is 6.09. The Balaban J connectivity index is 1.67. The molecule has 120 valence electrons. The molecule has 1 amide bonds. The number of benzene rings is 1. The van der Waals surface area contributed by atoms with Crippen molar-refractivity contribution in [1.82, 2.24) is 25.4 Å². The summed E-state index contributed by atoms with van der Waals surface area (Å²) in [5.41, 5.74) is 4.03. The summed E-state index contributed by atoms with van der Waals surface area (Å²) in [5.74, 6) is -0.342. The summed E-state index contributed by atoms with van der Waals surface area (Å²) in [6, 6.07) is 8.28. The van der Waals surface area contributed by atoms with Crippen molar-refractivity contribution in [2.24, 2.45) is 5.10 Å². The number of carbonyl (C=O) groups is 1. The summed E-state index contributed by atoms with van der Waals surface area (Å²) in [4.78, 5) is 15.7. The van der Waals surface area contributed by atoms with Gasteiger partial charge in [-0.1, -0.05) is 28.4 Å². The molecule has 2 heterocycles. The summed E-state index contributed by atoms with van der Waals surface area (Å²) >= 11 is 11.9. The fraction of sp³-hybridized carbons (Fsp3) is 0. The second-order valence-electron chi connectivity index (χ2n) is 4.62. The molecular weight excluding hydrogens is 351 g/mol. The Morgan fingerprint density at radius 1 is 1.17 bits per heavy atom. The van der Waals surface area contributed by atoms with Crippen LogP contribution in [-0.4, -0.2) is 32.1 Å². The molecule has 1 aromatic carbocycles. The number of rotatable bonds is 4. The first-order valence-electron chi connectivity index (χ1n) is 6.75. The molecule has 0 aliphatic rings. The third-order valence-electron chi connectivity index (χ3n) is 2.98. The van der Waals surface area contributed by atoms with Crippen LogP contribution in [0.4, 0.5) is 0 Å². The van der Waals surface area contributed by atoms with E-state index >= 15 is 0 Å². The minimum Gasteiger partial charge on any atom is -0.267 e. The molecule has 0 fully saturated rings. The standard InChI is InChI=1S/C15H10Cl2N6O/c16-13-2-1-12(7-14(13)17)23-9-11(20-22-23)8-19-21-15(24)10-3-5-18-6-4-10/h1-9H,(H,21,24)/b19-8+. The van der Waals surface area contributed by atoms with E-state index in [-0.39, 0.29) is 5.91 Å². The molecule has 24 heavy (non-hydrogen) atoms. The van der Waals surface area contributed by atoms with Gasteiger partial charge in [0.1, 0.15) is 5.69 Å². The van der Waals surface area contributed by atoms with Gasteiger partial charge in [-0.3, -0.25) is 9.78 Å². The zero-order chi connectivity index (χ0) is 16.9. The Labute approximate surface area is 146 Å². The van der Waals surface area contributed by atoms with Crippen molar-refractivity contribution >= 4 is 35.3 Å². The lowest BCUT2D eigenvalue weighted by Crippen LogP contribution is -2.17.